The van der Waals surface area contributed by atoms with E-state index in [0.29, 0.717) is 10.7 Å². The Morgan fingerprint density at radius 1 is 1.53 bits per heavy atom. The molecule has 0 unspecified atom stereocenters. The van der Waals surface area contributed by atoms with E-state index < -0.39 is 0 Å². The summed E-state index contributed by atoms with van der Waals surface area (Å²) in [5.41, 5.74) is 0. The molecule has 15 heavy (non-hydrogen) atoms. The largest absolute Gasteiger partial charge is 0.344 e. The highest BCUT2D eigenvalue weighted by molar-refractivity contribution is 7.71. The lowest BCUT2D eigenvalue weighted by Crippen LogP contribution is -2.25. The van der Waals surface area contributed by atoms with Crippen LogP contribution in [0.15, 0.2) is 0 Å². The van der Waals surface area contributed by atoms with Gasteiger partial charge in [-0.25, -0.2) is 5.10 Å². The Morgan fingerprint density at radius 3 is 2.73 bits per heavy atom. The van der Waals surface area contributed by atoms with Gasteiger partial charge >= 0.3 is 0 Å². The van der Waals surface area contributed by atoms with Gasteiger partial charge in [0.15, 0.2) is 4.77 Å². The van der Waals surface area contributed by atoms with Gasteiger partial charge in [-0.3, -0.25) is 4.57 Å². The van der Waals surface area contributed by atoms with E-state index >= 15 is 0 Å². The molecule has 0 amide bonds. The Hall–Kier alpha value is -0.840. The smallest absolute Gasteiger partial charge is 0.225 e. The number of rotatable bonds is 5. The molecule has 1 aromatic heterocycles. The van der Waals surface area contributed by atoms with E-state index in [1.807, 2.05) is 0 Å². The van der Waals surface area contributed by atoms with E-state index in [2.05, 4.69) is 47.5 Å². The zero-order valence-corrected chi connectivity index (χ0v) is 10.8. The van der Waals surface area contributed by atoms with E-state index in [4.69, 9.17) is 12.2 Å². The van der Waals surface area contributed by atoms with Crippen LogP contribution in [0.5, 0.6) is 0 Å². The summed E-state index contributed by atoms with van der Waals surface area (Å²) in [5.74, 6) is 1.56. The number of aromatic nitrogens is 3. The van der Waals surface area contributed by atoms with Crippen LogP contribution in [-0.2, 0) is 6.54 Å². The van der Waals surface area contributed by atoms with Gasteiger partial charge in [0.05, 0.1) is 0 Å². The summed E-state index contributed by atoms with van der Waals surface area (Å²) in [6.45, 7) is 8.45. The van der Waals surface area contributed by atoms with Crippen molar-refractivity contribution in [1.82, 2.24) is 14.8 Å². The molecule has 5 heteroatoms. The molecule has 0 aliphatic heterocycles. The maximum absolute atomic E-state index is 5.19. The Bertz CT molecular complexity index is 353. The number of nitrogens with one attached hydrogen (secondary N) is 1. The standard InChI is InChI=1S/C10H20N4S/c1-5-6-14-9(11-12-10(14)15)13(4)7-8(2)3/h8H,5-7H2,1-4H3,(H,12,15). The predicted octanol–water partition coefficient (Wildman–Crippen LogP) is 2.44. The number of H-pyrrole nitrogens is 1. The molecule has 86 valence electrons. The van der Waals surface area contributed by atoms with Gasteiger partial charge in [0.1, 0.15) is 0 Å². The van der Waals surface area contributed by atoms with Gasteiger partial charge in [0, 0.05) is 20.1 Å². The van der Waals surface area contributed by atoms with Crippen molar-refractivity contribution >= 4 is 18.2 Å². The molecule has 1 N–H and O–H groups in total. The highest BCUT2D eigenvalue weighted by Gasteiger charge is 2.11. The van der Waals surface area contributed by atoms with Gasteiger partial charge in [0.2, 0.25) is 5.95 Å². The second kappa shape index (κ2) is 5.30. The summed E-state index contributed by atoms with van der Waals surface area (Å²) < 4.78 is 2.76. The summed E-state index contributed by atoms with van der Waals surface area (Å²) in [6.07, 6.45) is 1.07. The average molecular weight is 228 g/mol. The minimum absolute atomic E-state index is 0.621. The first-order valence-corrected chi connectivity index (χ1v) is 5.83. The van der Waals surface area contributed by atoms with Crippen molar-refractivity contribution in [3.63, 3.8) is 0 Å². The lowest BCUT2D eigenvalue weighted by molar-refractivity contribution is 0.602. The Morgan fingerprint density at radius 2 is 2.20 bits per heavy atom. The van der Waals surface area contributed by atoms with E-state index in [1.165, 1.54) is 0 Å². The number of aromatic amines is 1. The molecule has 1 rings (SSSR count). The topological polar surface area (TPSA) is 36.9 Å². The maximum atomic E-state index is 5.19. The molecule has 0 aliphatic carbocycles. The second-order valence-electron chi connectivity index (χ2n) is 4.25. The molecule has 0 saturated heterocycles. The van der Waals surface area contributed by atoms with Gasteiger partial charge in [-0.2, -0.15) is 0 Å². The molecule has 0 spiro atoms. The predicted molar refractivity (Wildman–Crippen MR) is 65.8 cm³/mol. The minimum atomic E-state index is 0.621. The fraction of sp³-hybridized carbons (Fsp3) is 0.800. The van der Waals surface area contributed by atoms with Crippen LogP contribution in [0, 0.1) is 10.7 Å². The lowest BCUT2D eigenvalue weighted by atomic mass is 10.2. The van der Waals surface area contributed by atoms with E-state index in [0.717, 1.165) is 25.5 Å². The molecule has 0 saturated carbocycles. The van der Waals surface area contributed by atoms with Gasteiger partial charge in [-0.05, 0) is 24.6 Å². The molecule has 0 fully saturated rings. The van der Waals surface area contributed by atoms with Crippen molar-refractivity contribution < 1.29 is 0 Å². The highest BCUT2D eigenvalue weighted by Crippen LogP contribution is 2.11. The molecule has 1 aromatic rings. The molecule has 4 nitrogen and oxygen atoms in total. The summed E-state index contributed by atoms with van der Waals surface area (Å²) in [4.78, 5) is 2.15. The zero-order valence-electron chi connectivity index (χ0n) is 9.95. The molecular weight excluding hydrogens is 208 g/mol. The van der Waals surface area contributed by atoms with Gasteiger partial charge < -0.3 is 4.90 Å². The van der Waals surface area contributed by atoms with Gasteiger partial charge in [0.25, 0.3) is 0 Å². The fourth-order valence-electron chi connectivity index (χ4n) is 1.66. The Kier molecular flexibility index (Phi) is 4.32. The van der Waals surface area contributed by atoms with E-state index in [-0.39, 0.29) is 0 Å². The van der Waals surface area contributed by atoms with Crippen molar-refractivity contribution in [3.05, 3.63) is 4.77 Å². The second-order valence-corrected chi connectivity index (χ2v) is 4.64. The quantitative estimate of drug-likeness (QED) is 0.786. The van der Waals surface area contributed by atoms with Crippen LogP contribution in [0.2, 0.25) is 0 Å². The van der Waals surface area contributed by atoms with Crippen LogP contribution in [0.1, 0.15) is 27.2 Å². The summed E-state index contributed by atoms with van der Waals surface area (Å²) in [7, 11) is 2.05. The average Bonchev–Trinajstić information content (AvgIpc) is 2.48. The first-order valence-electron chi connectivity index (χ1n) is 5.42. The lowest BCUT2D eigenvalue weighted by Gasteiger charge is -2.20. The van der Waals surface area contributed by atoms with Crippen molar-refractivity contribution in [2.75, 3.05) is 18.5 Å². The third-order valence-electron chi connectivity index (χ3n) is 2.17. The van der Waals surface area contributed by atoms with E-state index in [1.54, 1.807) is 0 Å². The number of nitrogens with zero attached hydrogens (tertiary/aromatic N) is 3. The molecule has 0 atom stereocenters. The molecular formula is C10H20N4S. The van der Waals surface area contributed by atoms with Crippen LogP contribution in [0.3, 0.4) is 0 Å². The summed E-state index contributed by atoms with van der Waals surface area (Å²) >= 11 is 5.19. The third-order valence-corrected chi connectivity index (χ3v) is 2.48. The zero-order chi connectivity index (χ0) is 11.4. The molecule has 1 heterocycles. The van der Waals surface area contributed by atoms with Crippen molar-refractivity contribution in [3.8, 4) is 0 Å². The molecule has 0 aromatic carbocycles. The first kappa shape index (κ1) is 12.2. The maximum Gasteiger partial charge on any atom is 0.225 e. The van der Waals surface area contributed by atoms with Crippen molar-refractivity contribution in [2.24, 2.45) is 5.92 Å². The van der Waals surface area contributed by atoms with Crippen LogP contribution >= 0.6 is 12.2 Å². The minimum Gasteiger partial charge on any atom is -0.344 e. The Labute approximate surface area is 96.3 Å². The summed E-state index contributed by atoms with van der Waals surface area (Å²) in [5, 5.41) is 7.11. The van der Waals surface area contributed by atoms with Crippen molar-refractivity contribution in [2.45, 2.75) is 33.7 Å². The SMILES string of the molecule is CCCn1c(N(C)CC(C)C)n[nH]c1=S. The first-order chi connectivity index (χ1) is 7.06. The third kappa shape index (κ3) is 3.06. The van der Waals surface area contributed by atoms with Crippen molar-refractivity contribution in [1.29, 1.82) is 0 Å². The molecule has 0 aliphatic rings. The fourth-order valence-corrected chi connectivity index (χ4v) is 1.87. The molecule has 0 bridgehead atoms. The molecule has 0 radical (unpaired) electrons. The van der Waals surface area contributed by atoms with Gasteiger partial charge in [-0.15, -0.1) is 5.10 Å². The monoisotopic (exact) mass is 228 g/mol. The van der Waals surface area contributed by atoms with Crippen LogP contribution < -0.4 is 4.90 Å². The normalized spacial score (nSPS) is 11.0. The van der Waals surface area contributed by atoms with Gasteiger partial charge in [-0.1, -0.05) is 20.8 Å². The summed E-state index contributed by atoms with van der Waals surface area (Å²) in [6, 6.07) is 0. The van der Waals surface area contributed by atoms with Crippen LogP contribution in [0.4, 0.5) is 5.95 Å². The number of hydrogen-bond acceptors (Lipinski definition) is 3. The van der Waals surface area contributed by atoms with E-state index in [9.17, 15) is 0 Å². The van der Waals surface area contributed by atoms with Crippen LogP contribution in [0.25, 0.3) is 0 Å². The Balaban J connectivity index is 2.88. The number of anilines is 1. The highest BCUT2D eigenvalue weighted by atomic mass is 32.1. The van der Waals surface area contributed by atoms with Crippen LogP contribution in [-0.4, -0.2) is 28.4 Å². The number of hydrogen-bond donors (Lipinski definition) is 1.